The number of nitrogens with zero attached hydrogens (tertiary/aromatic N) is 2. The standard InChI is InChI=1S/C14H11ClN2O2/c1-18-14-6-10(7-16)2-3-13(14)19-9-11-4-5-17-8-12(11)15/h2-6,8H,9H2,1H3. The first-order valence-electron chi connectivity index (χ1n) is 5.54. The van der Waals surface area contributed by atoms with Crippen molar-refractivity contribution in [3.63, 3.8) is 0 Å². The monoisotopic (exact) mass is 274 g/mol. The van der Waals surface area contributed by atoms with Crippen LogP contribution in [-0.4, -0.2) is 12.1 Å². The molecule has 0 radical (unpaired) electrons. The number of hydrogen-bond donors (Lipinski definition) is 0. The first-order valence-corrected chi connectivity index (χ1v) is 5.91. The van der Waals surface area contributed by atoms with Gasteiger partial charge < -0.3 is 9.47 Å². The molecule has 0 bridgehead atoms. The minimum atomic E-state index is 0.309. The molecule has 0 aliphatic heterocycles. The van der Waals surface area contributed by atoms with Crippen LogP contribution in [0.15, 0.2) is 36.7 Å². The van der Waals surface area contributed by atoms with Crippen LogP contribution >= 0.6 is 11.6 Å². The second kappa shape index (κ2) is 6.07. The zero-order valence-corrected chi connectivity index (χ0v) is 11.0. The van der Waals surface area contributed by atoms with Crippen molar-refractivity contribution in [3.8, 4) is 17.6 Å². The molecule has 96 valence electrons. The average molecular weight is 275 g/mol. The minimum Gasteiger partial charge on any atom is -0.493 e. The normalized spacial score (nSPS) is 9.74. The maximum Gasteiger partial charge on any atom is 0.162 e. The Hall–Kier alpha value is -2.25. The van der Waals surface area contributed by atoms with E-state index in [2.05, 4.69) is 4.98 Å². The van der Waals surface area contributed by atoms with Gasteiger partial charge in [0.05, 0.1) is 23.8 Å². The minimum absolute atomic E-state index is 0.309. The van der Waals surface area contributed by atoms with Crippen LogP contribution in [0.1, 0.15) is 11.1 Å². The van der Waals surface area contributed by atoms with Crippen molar-refractivity contribution >= 4 is 11.6 Å². The van der Waals surface area contributed by atoms with Crippen LogP contribution in [0.25, 0.3) is 0 Å². The van der Waals surface area contributed by atoms with Gasteiger partial charge in [-0.25, -0.2) is 0 Å². The van der Waals surface area contributed by atoms with Crippen LogP contribution in [0.2, 0.25) is 5.02 Å². The number of methoxy groups -OCH3 is 1. The van der Waals surface area contributed by atoms with Crippen molar-refractivity contribution in [3.05, 3.63) is 52.8 Å². The molecule has 0 unspecified atom stereocenters. The number of aromatic nitrogens is 1. The lowest BCUT2D eigenvalue weighted by Gasteiger charge is -2.11. The van der Waals surface area contributed by atoms with Crippen LogP contribution in [-0.2, 0) is 6.61 Å². The molecule has 1 aromatic carbocycles. The molecule has 0 aliphatic carbocycles. The molecule has 1 aromatic heterocycles. The van der Waals surface area contributed by atoms with Gasteiger partial charge in [0.2, 0.25) is 0 Å². The lowest BCUT2D eigenvalue weighted by molar-refractivity contribution is 0.284. The zero-order chi connectivity index (χ0) is 13.7. The van der Waals surface area contributed by atoms with Crippen molar-refractivity contribution in [2.24, 2.45) is 0 Å². The Bertz CT molecular complexity index is 623. The smallest absolute Gasteiger partial charge is 0.162 e. The molecule has 4 nitrogen and oxygen atoms in total. The van der Waals surface area contributed by atoms with E-state index in [0.717, 1.165) is 5.56 Å². The van der Waals surface area contributed by atoms with Gasteiger partial charge in [-0.1, -0.05) is 11.6 Å². The Balaban J connectivity index is 2.16. The van der Waals surface area contributed by atoms with E-state index in [1.165, 1.54) is 7.11 Å². The molecule has 0 saturated heterocycles. The van der Waals surface area contributed by atoms with Crippen molar-refractivity contribution in [2.75, 3.05) is 7.11 Å². The molecular formula is C14H11ClN2O2. The molecule has 5 heteroatoms. The van der Waals surface area contributed by atoms with E-state index in [1.54, 1.807) is 36.7 Å². The highest BCUT2D eigenvalue weighted by Gasteiger charge is 2.07. The summed E-state index contributed by atoms with van der Waals surface area (Å²) in [6.07, 6.45) is 3.22. The van der Waals surface area contributed by atoms with Gasteiger partial charge in [0.1, 0.15) is 6.61 Å². The first-order chi connectivity index (χ1) is 9.24. The van der Waals surface area contributed by atoms with Gasteiger partial charge >= 0.3 is 0 Å². The van der Waals surface area contributed by atoms with Gasteiger partial charge in [-0.05, 0) is 18.2 Å². The molecule has 19 heavy (non-hydrogen) atoms. The van der Waals surface area contributed by atoms with Crippen LogP contribution < -0.4 is 9.47 Å². The SMILES string of the molecule is COc1cc(C#N)ccc1OCc1ccncc1Cl. The highest BCUT2D eigenvalue weighted by atomic mass is 35.5. The number of hydrogen-bond acceptors (Lipinski definition) is 4. The largest absolute Gasteiger partial charge is 0.493 e. The molecule has 2 aromatic rings. The van der Waals surface area contributed by atoms with Gasteiger partial charge in [-0.3, -0.25) is 4.98 Å². The molecule has 0 spiro atoms. The lowest BCUT2D eigenvalue weighted by Crippen LogP contribution is -1.99. The van der Waals surface area contributed by atoms with Crippen LogP contribution in [0.3, 0.4) is 0 Å². The van der Waals surface area contributed by atoms with Crippen molar-refractivity contribution < 1.29 is 9.47 Å². The van der Waals surface area contributed by atoms with Gasteiger partial charge in [-0.15, -0.1) is 0 Å². The fraction of sp³-hybridized carbons (Fsp3) is 0.143. The third-order valence-corrected chi connectivity index (χ3v) is 2.87. The Labute approximate surface area is 116 Å². The second-order valence-electron chi connectivity index (χ2n) is 3.73. The van der Waals surface area contributed by atoms with E-state index in [0.29, 0.717) is 28.7 Å². The maximum atomic E-state index is 8.82. The maximum absolute atomic E-state index is 8.82. The Morgan fingerprint density at radius 1 is 1.32 bits per heavy atom. The van der Waals surface area contributed by atoms with E-state index in [4.69, 9.17) is 26.3 Å². The Morgan fingerprint density at radius 3 is 2.84 bits per heavy atom. The van der Waals surface area contributed by atoms with Gasteiger partial charge in [-0.2, -0.15) is 5.26 Å². The second-order valence-corrected chi connectivity index (χ2v) is 4.14. The summed E-state index contributed by atoms with van der Waals surface area (Å²) < 4.78 is 10.8. The molecule has 0 saturated carbocycles. The Morgan fingerprint density at radius 2 is 2.16 bits per heavy atom. The summed E-state index contributed by atoms with van der Waals surface area (Å²) in [6, 6.07) is 8.84. The van der Waals surface area contributed by atoms with Crippen molar-refractivity contribution in [1.29, 1.82) is 5.26 Å². The predicted molar refractivity (Wildman–Crippen MR) is 71.3 cm³/mol. The predicted octanol–water partition coefficient (Wildman–Crippen LogP) is 3.19. The van der Waals surface area contributed by atoms with Gasteiger partial charge in [0, 0.05) is 24.0 Å². The first kappa shape index (κ1) is 13.2. The number of ether oxygens (including phenoxy) is 2. The summed E-state index contributed by atoms with van der Waals surface area (Å²) in [5, 5.41) is 9.37. The highest BCUT2D eigenvalue weighted by Crippen LogP contribution is 2.29. The van der Waals surface area contributed by atoms with Gasteiger partial charge in [0.25, 0.3) is 0 Å². The van der Waals surface area contributed by atoms with Crippen molar-refractivity contribution in [2.45, 2.75) is 6.61 Å². The fourth-order valence-electron chi connectivity index (χ4n) is 1.53. The lowest BCUT2D eigenvalue weighted by atomic mass is 10.2. The molecule has 0 atom stereocenters. The summed E-state index contributed by atoms with van der Waals surface area (Å²) >= 11 is 6.00. The molecule has 2 rings (SSSR count). The molecular weight excluding hydrogens is 264 g/mol. The van der Waals surface area contributed by atoms with E-state index >= 15 is 0 Å². The fourth-order valence-corrected chi connectivity index (χ4v) is 1.71. The number of rotatable bonds is 4. The molecule has 0 fully saturated rings. The highest BCUT2D eigenvalue weighted by molar-refractivity contribution is 6.31. The number of pyridine rings is 1. The van der Waals surface area contributed by atoms with E-state index in [9.17, 15) is 0 Å². The van der Waals surface area contributed by atoms with E-state index in [-0.39, 0.29) is 0 Å². The summed E-state index contributed by atoms with van der Waals surface area (Å²) in [7, 11) is 1.53. The Kier molecular flexibility index (Phi) is 4.22. The van der Waals surface area contributed by atoms with E-state index < -0.39 is 0 Å². The third kappa shape index (κ3) is 3.15. The zero-order valence-electron chi connectivity index (χ0n) is 10.3. The molecule has 0 aliphatic rings. The van der Waals surface area contributed by atoms with E-state index in [1.807, 2.05) is 6.07 Å². The molecule has 0 N–H and O–H groups in total. The summed E-state index contributed by atoms with van der Waals surface area (Å²) in [5.74, 6) is 1.08. The van der Waals surface area contributed by atoms with Crippen molar-refractivity contribution in [1.82, 2.24) is 4.98 Å². The average Bonchev–Trinajstić information content (AvgIpc) is 2.46. The molecule has 0 amide bonds. The number of halogens is 1. The number of nitriles is 1. The summed E-state index contributed by atoms with van der Waals surface area (Å²) in [4.78, 5) is 3.91. The number of benzene rings is 1. The quantitative estimate of drug-likeness (QED) is 0.859. The topological polar surface area (TPSA) is 55.1 Å². The van der Waals surface area contributed by atoms with Crippen LogP contribution in [0, 0.1) is 11.3 Å². The van der Waals surface area contributed by atoms with Gasteiger partial charge in [0.15, 0.2) is 11.5 Å². The summed E-state index contributed by atoms with van der Waals surface area (Å²) in [5.41, 5.74) is 1.36. The van der Waals surface area contributed by atoms with Crippen LogP contribution in [0.5, 0.6) is 11.5 Å². The summed E-state index contributed by atoms with van der Waals surface area (Å²) in [6.45, 7) is 0.309. The van der Waals surface area contributed by atoms with Crippen LogP contribution in [0.4, 0.5) is 0 Å². The molecule has 1 heterocycles. The third-order valence-electron chi connectivity index (χ3n) is 2.53.